The van der Waals surface area contributed by atoms with Gasteiger partial charge in [-0.15, -0.1) is 0 Å². The molecule has 18 heavy (non-hydrogen) atoms. The topological polar surface area (TPSA) is 33.0 Å². The number of nitriles is 1. The third-order valence-electron chi connectivity index (χ3n) is 3.73. The highest BCUT2D eigenvalue weighted by molar-refractivity contribution is 5.03. The lowest BCUT2D eigenvalue weighted by Crippen LogP contribution is -2.19. The van der Waals surface area contributed by atoms with Crippen molar-refractivity contribution >= 4 is 0 Å². The second kappa shape index (κ2) is 6.42. The first-order chi connectivity index (χ1) is 8.41. The molecule has 0 amide bonds. The van der Waals surface area contributed by atoms with Crippen molar-refractivity contribution in [3.63, 3.8) is 0 Å². The van der Waals surface area contributed by atoms with Gasteiger partial charge in [0, 0.05) is 6.61 Å². The van der Waals surface area contributed by atoms with Gasteiger partial charge in [0.1, 0.15) is 6.61 Å². The molecule has 5 heteroatoms. The van der Waals surface area contributed by atoms with E-state index in [1.165, 1.54) is 0 Å². The summed E-state index contributed by atoms with van der Waals surface area (Å²) < 4.78 is 40.1. The van der Waals surface area contributed by atoms with Crippen LogP contribution in [-0.4, -0.2) is 19.4 Å². The molecule has 0 N–H and O–H groups in total. The summed E-state index contributed by atoms with van der Waals surface area (Å²) in [6, 6.07) is 2.37. The molecule has 0 spiro atoms. The molecule has 1 aliphatic rings. The molecule has 2 atom stereocenters. The molecule has 0 aliphatic heterocycles. The second-order valence-corrected chi connectivity index (χ2v) is 5.18. The molecule has 1 rings (SSSR count). The van der Waals surface area contributed by atoms with Gasteiger partial charge in [0.25, 0.3) is 0 Å². The molecule has 0 radical (unpaired) electrons. The molecule has 0 bridgehead atoms. The van der Waals surface area contributed by atoms with Crippen LogP contribution >= 0.6 is 0 Å². The van der Waals surface area contributed by atoms with Gasteiger partial charge in [-0.3, -0.25) is 0 Å². The summed E-state index contributed by atoms with van der Waals surface area (Å²) in [4.78, 5) is 0. The Kier molecular flexibility index (Phi) is 5.46. The smallest absolute Gasteiger partial charge is 0.372 e. The molecular formula is C13H20F3NO. The van der Waals surface area contributed by atoms with E-state index in [0.29, 0.717) is 18.8 Å². The highest BCUT2D eigenvalue weighted by Gasteiger charge is 2.38. The van der Waals surface area contributed by atoms with Crippen LogP contribution in [0.5, 0.6) is 0 Å². The van der Waals surface area contributed by atoms with Crippen molar-refractivity contribution < 1.29 is 17.9 Å². The van der Waals surface area contributed by atoms with Gasteiger partial charge in [-0.1, -0.05) is 13.3 Å². The minimum Gasteiger partial charge on any atom is -0.372 e. The Balaban J connectivity index is 2.23. The number of hydrogen-bond donors (Lipinski definition) is 0. The van der Waals surface area contributed by atoms with Crippen molar-refractivity contribution in [1.82, 2.24) is 0 Å². The van der Waals surface area contributed by atoms with E-state index in [-0.39, 0.29) is 12.0 Å². The molecule has 0 heterocycles. The Morgan fingerprint density at radius 1 is 1.44 bits per heavy atom. The van der Waals surface area contributed by atoms with Gasteiger partial charge in [-0.2, -0.15) is 18.4 Å². The Hall–Kier alpha value is -0.760. The lowest BCUT2D eigenvalue weighted by atomic mass is 9.82. The average molecular weight is 263 g/mol. The van der Waals surface area contributed by atoms with E-state index >= 15 is 0 Å². The van der Waals surface area contributed by atoms with Crippen LogP contribution < -0.4 is 0 Å². The third kappa shape index (κ3) is 4.85. The van der Waals surface area contributed by atoms with E-state index in [9.17, 15) is 18.4 Å². The molecule has 0 aromatic heterocycles. The fourth-order valence-corrected chi connectivity index (χ4v) is 2.67. The molecule has 2 unspecified atom stereocenters. The van der Waals surface area contributed by atoms with Gasteiger partial charge < -0.3 is 4.74 Å². The molecule has 2 nitrogen and oxygen atoms in total. The largest absolute Gasteiger partial charge is 0.411 e. The van der Waals surface area contributed by atoms with Crippen LogP contribution in [0.1, 0.15) is 45.4 Å². The molecule has 1 aliphatic carbocycles. The first-order valence-electron chi connectivity index (χ1n) is 6.46. The number of ether oxygens (including phenoxy) is 1. The maximum Gasteiger partial charge on any atom is 0.411 e. The van der Waals surface area contributed by atoms with Crippen molar-refractivity contribution in [2.75, 3.05) is 13.2 Å². The van der Waals surface area contributed by atoms with Crippen molar-refractivity contribution in [2.24, 2.45) is 11.3 Å². The predicted octanol–water partition coefficient (Wildman–Crippen LogP) is 4.07. The van der Waals surface area contributed by atoms with E-state index in [1.54, 1.807) is 0 Å². The highest BCUT2D eigenvalue weighted by atomic mass is 19.4. The van der Waals surface area contributed by atoms with Crippen molar-refractivity contribution in [3.05, 3.63) is 0 Å². The van der Waals surface area contributed by atoms with Crippen molar-refractivity contribution in [1.29, 1.82) is 5.26 Å². The monoisotopic (exact) mass is 263 g/mol. The summed E-state index contributed by atoms with van der Waals surface area (Å²) in [6.45, 7) is 1.01. The van der Waals surface area contributed by atoms with Gasteiger partial charge in [0.05, 0.1) is 11.5 Å². The van der Waals surface area contributed by atoms with Gasteiger partial charge in [-0.25, -0.2) is 0 Å². The first kappa shape index (κ1) is 15.3. The standard InChI is InChI=1S/C13H20F3NO/c1-2-11-4-6-12(8-11,9-17)5-3-7-18-10-13(14,15)16/h11H,2-8,10H2,1H3. The van der Waals surface area contributed by atoms with E-state index < -0.39 is 12.8 Å². The Labute approximate surface area is 106 Å². The lowest BCUT2D eigenvalue weighted by molar-refractivity contribution is -0.174. The predicted molar refractivity (Wildman–Crippen MR) is 61.8 cm³/mol. The summed E-state index contributed by atoms with van der Waals surface area (Å²) >= 11 is 0. The molecule has 0 aromatic rings. The first-order valence-corrected chi connectivity index (χ1v) is 6.46. The van der Waals surface area contributed by atoms with E-state index in [0.717, 1.165) is 25.7 Å². The zero-order chi connectivity index (χ0) is 13.6. The average Bonchev–Trinajstić information content (AvgIpc) is 2.72. The molecule has 0 saturated heterocycles. The van der Waals surface area contributed by atoms with Gasteiger partial charge in [0.15, 0.2) is 0 Å². The summed E-state index contributed by atoms with van der Waals surface area (Å²) in [5.74, 6) is 0.598. The minimum atomic E-state index is -4.26. The fraction of sp³-hybridized carbons (Fsp3) is 0.923. The zero-order valence-electron chi connectivity index (χ0n) is 10.7. The van der Waals surface area contributed by atoms with E-state index in [2.05, 4.69) is 17.7 Å². The Bertz CT molecular complexity index is 298. The maximum atomic E-state index is 11.8. The third-order valence-corrected chi connectivity index (χ3v) is 3.73. The van der Waals surface area contributed by atoms with E-state index in [1.807, 2.05) is 0 Å². The fourth-order valence-electron chi connectivity index (χ4n) is 2.67. The number of hydrogen-bond acceptors (Lipinski definition) is 2. The van der Waals surface area contributed by atoms with Crippen LogP contribution in [0.25, 0.3) is 0 Å². The summed E-state index contributed by atoms with van der Waals surface area (Å²) in [7, 11) is 0. The minimum absolute atomic E-state index is 0.0831. The lowest BCUT2D eigenvalue weighted by Gasteiger charge is -2.20. The van der Waals surface area contributed by atoms with E-state index in [4.69, 9.17) is 0 Å². The van der Waals surface area contributed by atoms with Crippen LogP contribution in [0, 0.1) is 22.7 Å². The zero-order valence-corrected chi connectivity index (χ0v) is 10.7. The van der Waals surface area contributed by atoms with Crippen LogP contribution in [-0.2, 0) is 4.74 Å². The summed E-state index contributed by atoms with van der Waals surface area (Å²) in [5, 5.41) is 9.24. The van der Waals surface area contributed by atoms with Crippen LogP contribution in [0.4, 0.5) is 13.2 Å². The maximum absolute atomic E-state index is 11.8. The number of nitrogens with zero attached hydrogens (tertiary/aromatic N) is 1. The van der Waals surface area contributed by atoms with Crippen molar-refractivity contribution in [3.8, 4) is 6.07 Å². The molecule has 0 aromatic carbocycles. The van der Waals surface area contributed by atoms with Crippen LogP contribution in [0.3, 0.4) is 0 Å². The highest BCUT2D eigenvalue weighted by Crippen LogP contribution is 2.45. The van der Waals surface area contributed by atoms with Gasteiger partial charge >= 0.3 is 6.18 Å². The summed E-state index contributed by atoms with van der Waals surface area (Å²) in [6.07, 6.45) is 0.827. The molecule has 1 saturated carbocycles. The van der Waals surface area contributed by atoms with Crippen LogP contribution in [0.2, 0.25) is 0 Å². The Morgan fingerprint density at radius 3 is 2.67 bits per heavy atom. The normalized spacial score (nSPS) is 28.3. The Morgan fingerprint density at radius 2 is 2.17 bits per heavy atom. The second-order valence-electron chi connectivity index (χ2n) is 5.18. The van der Waals surface area contributed by atoms with Gasteiger partial charge in [-0.05, 0) is 38.0 Å². The number of halogens is 3. The van der Waals surface area contributed by atoms with Gasteiger partial charge in [0.2, 0.25) is 0 Å². The molecular weight excluding hydrogens is 243 g/mol. The number of alkyl halides is 3. The van der Waals surface area contributed by atoms with Crippen LogP contribution in [0.15, 0.2) is 0 Å². The molecule has 1 fully saturated rings. The SMILES string of the molecule is CCC1CCC(C#N)(CCCOCC(F)(F)F)C1. The molecule has 104 valence electrons. The quantitative estimate of drug-likeness (QED) is 0.677. The van der Waals surface area contributed by atoms with Crippen molar-refractivity contribution in [2.45, 2.75) is 51.6 Å². The summed E-state index contributed by atoms with van der Waals surface area (Å²) in [5.41, 5.74) is -0.317. The number of rotatable bonds is 6.